The van der Waals surface area contributed by atoms with Crippen molar-refractivity contribution >= 4 is 43.7 Å². The fourth-order valence-corrected chi connectivity index (χ4v) is 7.17. The molecule has 10 aromatic rings. The lowest BCUT2D eigenvalue weighted by molar-refractivity contribution is 0.670. The van der Waals surface area contributed by atoms with Crippen LogP contribution < -0.4 is 0 Å². The smallest absolute Gasteiger partial charge is 0.238 e. The van der Waals surface area contributed by atoms with E-state index in [0.717, 1.165) is 77.1 Å². The molecule has 234 valence electrons. The quantitative estimate of drug-likeness (QED) is 0.188. The zero-order valence-electron chi connectivity index (χ0n) is 26.9. The molecule has 0 aliphatic carbocycles. The molecule has 10 rings (SSSR count). The van der Waals surface area contributed by atoms with Gasteiger partial charge in [0.25, 0.3) is 0 Å². The van der Waals surface area contributed by atoms with Crippen molar-refractivity contribution in [3.8, 4) is 51.0 Å². The minimum Gasteiger partial charge on any atom is -0.455 e. The van der Waals surface area contributed by atoms with E-state index in [1.54, 1.807) is 0 Å². The highest BCUT2D eigenvalue weighted by molar-refractivity contribution is 6.17. The summed E-state index contributed by atoms with van der Waals surface area (Å²) in [6.45, 7) is 0. The first-order chi connectivity index (χ1) is 24.8. The van der Waals surface area contributed by atoms with Crippen LogP contribution in [0.2, 0.25) is 0 Å². The topological polar surface area (TPSA) is 56.7 Å². The van der Waals surface area contributed by atoms with Gasteiger partial charge in [-0.3, -0.25) is 4.57 Å². The molecule has 7 aromatic carbocycles. The number of furan rings is 1. The molecule has 0 spiro atoms. The van der Waals surface area contributed by atoms with Crippen LogP contribution in [-0.2, 0) is 0 Å². The van der Waals surface area contributed by atoms with Gasteiger partial charge in [0.05, 0.1) is 11.0 Å². The van der Waals surface area contributed by atoms with E-state index in [1.807, 2.05) is 78.9 Å². The molecule has 5 nitrogen and oxygen atoms in total. The Hall–Kier alpha value is -6.85. The highest BCUT2D eigenvalue weighted by atomic mass is 16.3. The van der Waals surface area contributed by atoms with Crippen LogP contribution in [0.1, 0.15) is 0 Å². The fourth-order valence-electron chi connectivity index (χ4n) is 7.17. The Balaban J connectivity index is 1.22. The summed E-state index contributed by atoms with van der Waals surface area (Å²) < 4.78 is 8.75. The molecule has 0 saturated carbocycles. The lowest BCUT2D eigenvalue weighted by Crippen LogP contribution is -2.06. The Labute approximate surface area is 287 Å². The fraction of sp³-hybridized carbons (Fsp3) is 0. The second-order valence-electron chi connectivity index (χ2n) is 12.4. The van der Waals surface area contributed by atoms with E-state index in [4.69, 9.17) is 19.4 Å². The van der Waals surface area contributed by atoms with Crippen molar-refractivity contribution < 1.29 is 4.42 Å². The van der Waals surface area contributed by atoms with E-state index < -0.39 is 0 Å². The van der Waals surface area contributed by atoms with Crippen LogP contribution >= 0.6 is 0 Å². The van der Waals surface area contributed by atoms with Gasteiger partial charge in [0.2, 0.25) is 5.95 Å². The molecule has 50 heavy (non-hydrogen) atoms. The van der Waals surface area contributed by atoms with Crippen LogP contribution in [0.15, 0.2) is 174 Å². The SMILES string of the molecule is c1ccc(-c2nc(-c3ccccc3)nc(-n3c4ccccc4c4cc(-c5ccc(-c6ccccc6)c6oc7ccccc7c56)ccc43)n2)cc1. The Morgan fingerprint density at radius 3 is 1.66 bits per heavy atom. The molecule has 0 bridgehead atoms. The summed E-state index contributed by atoms with van der Waals surface area (Å²) >= 11 is 0. The van der Waals surface area contributed by atoms with Crippen LogP contribution in [0.4, 0.5) is 0 Å². The molecule has 0 N–H and O–H groups in total. The van der Waals surface area contributed by atoms with Crippen LogP contribution in [0.5, 0.6) is 0 Å². The molecule has 0 unspecified atom stereocenters. The van der Waals surface area contributed by atoms with Gasteiger partial charge in [0, 0.05) is 38.2 Å². The average Bonchev–Trinajstić information content (AvgIpc) is 3.75. The van der Waals surface area contributed by atoms with Crippen molar-refractivity contribution in [3.63, 3.8) is 0 Å². The normalized spacial score (nSPS) is 11.6. The van der Waals surface area contributed by atoms with Gasteiger partial charge in [0.15, 0.2) is 11.6 Å². The Morgan fingerprint density at radius 2 is 0.960 bits per heavy atom. The second-order valence-corrected chi connectivity index (χ2v) is 12.4. The van der Waals surface area contributed by atoms with Gasteiger partial charge in [-0.15, -0.1) is 0 Å². The monoisotopic (exact) mass is 640 g/mol. The predicted molar refractivity (Wildman–Crippen MR) is 203 cm³/mol. The summed E-state index contributed by atoms with van der Waals surface area (Å²) in [6, 6.07) is 58.5. The Bertz CT molecular complexity index is 2800. The van der Waals surface area contributed by atoms with Crippen LogP contribution in [-0.4, -0.2) is 19.5 Å². The van der Waals surface area contributed by atoms with Crippen LogP contribution in [0.25, 0.3) is 94.7 Å². The molecule has 3 heterocycles. The van der Waals surface area contributed by atoms with Gasteiger partial charge in [-0.05, 0) is 47.0 Å². The molecule has 0 saturated heterocycles. The van der Waals surface area contributed by atoms with Crippen molar-refractivity contribution in [2.24, 2.45) is 0 Å². The van der Waals surface area contributed by atoms with Crippen molar-refractivity contribution in [1.82, 2.24) is 19.5 Å². The van der Waals surface area contributed by atoms with E-state index in [-0.39, 0.29) is 0 Å². The molecule has 0 radical (unpaired) electrons. The summed E-state index contributed by atoms with van der Waals surface area (Å²) in [5.41, 5.74) is 10.1. The molecule has 0 atom stereocenters. The minimum atomic E-state index is 0.576. The van der Waals surface area contributed by atoms with Gasteiger partial charge in [-0.2, -0.15) is 9.97 Å². The second kappa shape index (κ2) is 11.4. The van der Waals surface area contributed by atoms with E-state index in [2.05, 4.69) is 95.6 Å². The van der Waals surface area contributed by atoms with E-state index in [9.17, 15) is 0 Å². The van der Waals surface area contributed by atoms with E-state index in [0.29, 0.717) is 17.6 Å². The molecule has 0 fully saturated rings. The molecule has 0 amide bonds. The van der Waals surface area contributed by atoms with Crippen molar-refractivity contribution in [3.05, 3.63) is 170 Å². The van der Waals surface area contributed by atoms with Gasteiger partial charge < -0.3 is 4.42 Å². The van der Waals surface area contributed by atoms with Gasteiger partial charge in [0.1, 0.15) is 11.2 Å². The molecular formula is C45H28N4O. The number of hydrogen-bond acceptors (Lipinski definition) is 4. The zero-order valence-corrected chi connectivity index (χ0v) is 26.9. The molecule has 0 aliphatic rings. The van der Waals surface area contributed by atoms with Crippen molar-refractivity contribution in [1.29, 1.82) is 0 Å². The van der Waals surface area contributed by atoms with Gasteiger partial charge in [-0.25, -0.2) is 4.98 Å². The Morgan fingerprint density at radius 1 is 0.400 bits per heavy atom. The third-order valence-electron chi connectivity index (χ3n) is 9.48. The highest BCUT2D eigenvalue weighted by Crippen LogP contribution is 2.43. The van der Waals surface area contributed by atoms with Crippen LogP contribution in [0, 0.1) is 0 Å². The Kier molecular flexibility index (Phi) is 6.42. The summed E-state index contributed by atoms with van der Waals surface area (Å²) in [6.07, 6.45) is 0. The first-order valence-corrected chi connectivity index (χ1v) is 16.7. The molecule has 0 aliphatic heterocycles. The van der Waals surface area contributed by atoms with Crippen molar-refractivity contribution in [2.45, 2.75) is 0 Å². The third-order valence-corrected chi connectivity index (χ3v) is 9.48. The molecule has 3 aromatic heterocycles. The van der Waals surface area contributed by atoms with E-state index in [1.165, 1.54) is 0 Å². The predicted octanol–water partition coefficient (Wildman–Crippen LogP) is 11.5. The number of hydrogen-bond donors (Lipinski definition) is 0. The summed E-state index contributed by atoms with van der Waals surface area (Å²) in [5, 5.41) is 4.46. The number of rotatable bonds is 5. The van der Waals surface area contributed by atoms with Crippen molar-refractivity contribution in [2.75, 3.05) is 0 Å². The average molecular weight is 641 g/mol. The zero-order chi connectivity index (χ0) is 33.0. The lowest BCUT2D eigenvalue weighted by Gasteiger charge is -2.11. The number of aromatic nitrogens is 4. The molecular weight excluding hydrogens is 613 g/mol. The maximum Gasteiger partial charge on any atom is 0.238 e. The number of benzene rings is 7. The highest BCUT2D eigenvalue weighted by Gasteiger charge is 2.21. The number of fused-ring (bicyclic) bond motifs is 6. The summed E-state index contributed by atoms with van der Waals surface area (Å²) in [5.74, 6) is 1.83. The maximum atomic E-state index is 6.59. The summed E-state index contributed by atoms with van der Waals surface area (Å²) in [7, 11) is 0. The maximum absolute atomic E-state index is 6.59. The number of para-hydroxylation sites is 2. The minimum absolute atomic E-state index is 0.576. The van der Waals surface area contributed by atoms with E-state index >= 15 is 0 Å². The standard InChI is InChI=1S/C45H28N4O/c1-4-14-29(15-5-1)34-26-25-33(41-36-21-11-13-23-40(36)50-42(34)41)32-24-27-39-37(28-32)35-20-10-12-22-38(35)49(39)45-47-43(30-16-6-2-7-17-30)46-44(48-45)31-18-8-3-9-19-31/h1-28H. The lowest BCUT2D eigenvalue weighted by atomic mass is 9.94. The number of nitrogens with zero attached hydrogens (tertiary/aromatic N) is 4. The third kappa shape index (κ3) is 4.52. The van der Waals surface area contributed by atoms with Crippen LogP contribution in [0.3, 0.4) is 0 Å². The molecule has 5 heteroatoms. The first-order valence-electron chi connectivity index (χ1n) is 16.7. The van der Waals surface area contributed by atoms with Gasteiger partial charge in [-0.1, -0.05) is 140 Å². The largest absolute Gasteiger partial charge is 0.455 e. The summed E-state index contributed by atoms with van der Waals surface area (Å²) in [4.78, 5) is 15.1. The van der Waals surface area contributed by atoms with Gasteiger partial charge >= 0.3 is 0 Å². The first kappa shape index (κ1) is 28.2.